The van der Waals surface area contributed by atoms with Gasteiger partial charge in [0.25, 0.3) is 11.4 Å². The topological polar surface area (TPSA) is 252 Å². The van der Waals surface area contributed by atoms with Crippen LogP contribution in [0.2, 0.25) is 0 Å². The summed E-state index contributed by atoms with van der Waals surface area (Å²) in [6, 6.07) is 5.77. The number of nitro groups is 2. The molecule has 37 heteroatoms. The Morgan fingerprint density at radius 2 is 0.963 bits per heavy atom. The smallest absolute Gasteiger partial charge is 1.00 e. The van der Waals surface area contributed by atoms with Crippen LogP contribution in [0.25, 0.3) is 0 Å². The number of piperidine rings is 2. The summed E-state index contributed by atoms with van der Waals surface area (Å²) in [6.45, 7) is 7.80. The normalized spacial score (nSPS) is 17.1. The molecule has 0 bridgehead atoms. The molecule has 4 saturated heterocycles. The molecule has 6 heterocycles. The van der Waals surface area contributed by atoms with E-state index in [1.807, 2.05) is 4.90 Å². The molecule has 0 saturated carbocycles. The van der Waals surface area contributed by atoms with Gasteiger partial charge in [-0.3, -0.25) is 34.8 Å². The van der Waals surface area contributed by atoms with Crippen molar-refractivity contribution >= 4 is 67.6 Å². The summed E-state index contributed by atoms with van der Waals surface area (Å²) in [6.07, 6.45) is -15.6. The first kappa shape index (κ1) is 67.9. The first-order valence-electron chi connectivity index (χ1n) is 24.3. The van der Waals surface area contributed by atoms with Crippen molar-refractivity contribution in [1.29, 1.82) is 0 Å². The van der Waals surface area contributed by atoms with E-state index in [1.165, 1.54) is 12.1 Å². The Labute approximate surface area is 479 Å². The van der Waals surface area contributed by atoms with E-state index in [1.54, 1.807) is 14.7 Å². The maximum Gasteiger partial charge on any atom is 1.00 e. The largest absolute Gasteiger partial charge is 1.00 e. The molecule has 0 aliphatic carbocycles. The van der Waals surface area contributed by atoms with Crippen LogP contribution >= 0.6 is 22.7 Å². The van der Waals surface area contributed by atoms with Crippen molar-refractivity contribution in [2.75, 3.05) is 112 Å². The summed E-state index contributed by atoms with van der Waals surface area (Å²) in [5.41, 5.74) is -4.06. The van der Waals surface area contributed by atoms with Crippen molar-refractivity contribution in [3.63, 3.8) is 0 Å². The number of hydrogen-bond donors (Lipinski definition) is 3. The zero-order valence-corrected chi connectivity index (χ0v) is 45.2. The molecular formula is C44H52ClF12LiN14O7S2. The number of carbonyl (C=O) groups is 2. The first-order valence-corrected chi connectivity index (χ1v) is 26.0. The molecule has 4 fully saturated rings. The average Bonchev–Trinajstić information content (AvgIpc) is 4.13. The van der Waals surface area contributed by atoms with Crippen LogP contribution in [0.4, 0.5) is 85.7 Å². The fraction of sp³-hybridized carbons (Fsp3) is 0.591. The van der Waals surface area contributed by atoms with Gasteiger partial charge in [-0.1, -0.05) is 22.7 Å². The maximum absolute atomic E-state index is 13.2. The van der Waals surface area contributed by atoms with Crippen LogP contribution in [0.3, 0.4) is 0 Å². The second kappa shape index (κ2) is 29.6. The van der Waals surface area contributed by atoms with Gasteiger partial charge < -0.3 is 53.0 Å². The van der Waals surface area contributed by atoms with E-state index in [0.29, 0.717) is 114 Å². The minimum atomic E-state index is -4.86. The Morgan fingerprint density at radius 1 is 0.580 bits per heavy atom. The number of hydrogen-bond acceptors (Lipinski definition) is 19. The van der Waals surface area contributed by atoms with Crippen molar-refractivity contribution in [1.82, 2.24) is 35.1 Å². The molecule has 1 amide bonds. The molecule has 0 unspecified atom stereocenters. The predicted octanol–water partition coefficient (Wildman–Crippen LogP) is -0.323. The molecule has 0 radical (unpaired) electrons. The Bertz CT molecular complexity index is 2700. The Hall–Kier alpha value is -5.57. The van der Waals surface area contributed by atoms with E-state index in [2.05, 4.69) is 41.2 Å². The van der Waals surface area contributed by atoms with Gasteiger partial charge in [0.2, 0.25) is 26.2 Å². The molecule has 444 valence electrons. The third kappa shape index (κ3) is 20.4. The fourth-order valence-corrected chi connectivity index (χ4v) is 10.3. The number of carbonyl (C=O) groups excluding carboxylic acids is 2. The van der Waals surface area contributed by atoms with Gasteiger partial charge in [-0.15, -0.1) is 20.4 Å². The van der Waals surface area contributed by atoms with Crippen LogP contribution in [0.5, 0.6) is 0 Å². The van der Waals surface area contributed by atoms with Crippen LogP contribution in [0.15, 0.2) is 36.4 Å². The molecule has 0 spiro atoms. The number of aliphatic carboxylic acids is 1. The van der Waals surface area contributed by atoms with Gasteiger partial charge in [0.1, 0.15) is 11.1 Å². The number of alkyl halides is 12. The Kier molecular flexibility index (Phi) is 24.8. The number of rotatable bonds is 14. The van der Waals surface area contributed by atoms with Gasteiger partial charge in [-0.05, 0) is 43.5 Å². The van der Waals surface area contributed by atoms with Crippen LogP contribution < -0.4 is 62.1 Å². The summed E-state index contributed by atoms with van der Waals surface area (Å²) in [5, 5.41) is 52.2. The van der Waals surface area contributed by atoms with Gasteiger partial charge in [0, 0.05) is 139 Å². The molecule has 8 rings (SSSR count). The number of anilines is 4. The van der Waals surface area contributed by atoms with E-state index in [9.17, 15) is 87.6 Å². The van der Waals surface area contributed by atoms with E-state index in [0.717, 1.165) is 50.2 Å². The number of benzene rings is 2. The van der Waals surface area contributed by atoms with E-state index in [-0.39, 0.29) is 83.7 Å². The number of piperazine rings is 2. The number of halogens is 13. The van der Waals surface area contributed by atoms with Gasteiger partial charge >= 0.3 is 43.6 Å². The van der Waals surface area contributed by atoms with E-state index < -0.39 is 73.0 Å². The Morgan fingerprint density at radius 3 is 1.31 bits per heavy atom. The number of nitrogens with zero attached hydrogens (tertiary/aromatic N) is 11. The van der Waals surface area contributed by atoms with E-state index in [4.69, 9.17) is 0 Å². The van der Waals surface area contributed by atoms with Crippen molar-refractivity contribution in [2.24, 2.45) is 0 Å². The fourth-order valence-electron chi connectivity index (χ4n) is 8.74. The number of amides is 1. The van der Waals surface area contributed by atoms with Crippen molar-refractivity contribution in [2.45, 2.75) is 75.3 Å². The zero-order chi connectivity index (χ0) is 57.9. The summed E-state index contributed by atoms with van der Waals surface area (Å²) in [7, 11) is 0. The number of aromatic nitrogens is 4. The zero-order valence-electron chi connectivity index (χ0n) is 42.8. The molecule has 4 aliphatic rings. The number of nitrogens with one attached hydrogen (secondary N) is 2. The van der Waals surface area contributed by atoms with Crippen LogP contribution in [0.1, 0.15) is 59.7 Å². The van der Waals surface area contributed by atoms with Gasteiger partial charge in [0.05, 0.1) is 22.9 Å². The van der Waals surface area contributed by atoms with Crippen molar-refractivity contribution in [3.8, 4) is 0 Å². The monoisotopic (exact) mass is 1220 g/mol. The summed E-state index contributed by atoms with van der Waals surface area (Å²) in [4.78, 5) is 51.7. The Balaban J connectivity index is 0.000000284. The number of carboxylic acids is 1. The number of nitrogens with two attached hydrogens (primary N) is 1. The molecule has 2 aromatic heterocycles. The molecule has 21 nitrogen and oxygen atoms in total. The molecule has 4 aromatic rings. The van der Waals surface area contributed by atoms with Crippen LogP contribution in [0, 0.1) is 20.2 Å². The first-order chi connectivity index (χ1) is 37.0. The van der Waals surface area contributed by atoms with Crippen molar-refractivity contribution in [3.05, 3.63) is 77.8 Å². The van der Waals surface area contributed by atoms with Crippen molar-refractivity contribution < 1.29 is 114 Å². The molecular weight excluding hydrogens is 1170 g/mol. The third-order valence-electron chi connectivity index (χ3n) is 12.9. The van der Waals surface area contributed by atoms with Crippen LogP contribution in [-0.2, 0) is 34.3 Å². The quantitative estimate of drug-likeness (QED) is 0.0633. The molecule has 2 aromatic carbocycles. The minimum absolute atomic E-state index is 0. The summed E-state index contributed by atoms with van der Waals surface area (Å²) < 4.78 is 154. The maximum atomic E-state index is 13.2. The number of quaternary nitrogens is 1. The van der Waals surface area contributed by atoms with E-state index >= 15 is 0 Å². The molecule has 4 N–H and O–H groups in total. The second-order valence-corrected chi connectivity index (χ2v) is 20.3. The molecule has 4 aliphatic heterocycles. The van der Waals surface area contributed by atoms with Gasteiger partial charge in [-0.2, -0.15) is 52.7 Å². The average molecular weight is 1220 g/mol. The molecule has 81 heavy (non-hydrogen) atoms. The van der Waals surface area contributed by atoms with Gasteiger partial charge in [0.15, 0.2) is 0 Å². The number of nitro benzene ring substituents is 2. The second-order valence-electron chi connectivity index (χ2n) is 18.4. The number of carboxylic acid groups (broad SMARTS) is 1. The number of likely N-dealkylation sites (tertiary alicyclic amines) is 1. The standard InChI is InChI=1S/C22H25F6N7O3S.C12H14F3N3O2.C10H13F3N4O2S.ClH.Li/c23-21(24,25)16-13-15(1-2-17(16)35(37)38)29-14-3-7-33(8-4-14)18(36)5-6-32-9-11-34(12-10-32)20-31-30-19(39-20)22(26,27)28;13-12(14,15)10-7-9(1-2-11(10)18(19)20)17-8-3-5-16-6-4-8;11-10(12,13)8-14-15-9(20-8)17-5-3-16(4-6-17)2-1-7(18)19;;/h1-2,13-14,29H,3-12H2;1-2,7-8,16-17H,3-6H2;1-6H2,(H,18,19);1H;/q;;;;+1/p-1. The van der Waals surface area contributed by atoms with Gasteiger partial charge in [-0.25, -0.2) is 0 Å². The summed E-state index contributed by atoms with van der Waals surface area (Å²) >= 11 is 1.03. The van der Waals surface area contributed by atoms with Crippen LogP contribution in [-0.4, -0.2) is 161 Å². The SMILES string of the molecule is O=C(CCN1CCN(c2nnc(C(F)(F)F)s2)CC1)N1CCC(Nc2ccc([N+](=O)[O-])c(C(F)(F)F)c2)CC1.O=C([O-])CCN1CCN(c2nnc(C(F)(F)F)s2)CC1.O=[N+]([O-])c1ccc(NC2CC[NH2+]CC2)cc1C(F)(F)F.[Cl-].[Li+]. The summed E-state index contributed by atoms with van der Waals surface area (Å²) in [5.74, 6) is -1.16. The predicted molar refractivity (Wildman–Crippen MR) is 259 cm³/mol. The third-order valence-corrected chi connectivity index (χ3v) is 15.0. The minimum Gasteiger partial charge on any atom is -1.00 e. The molecule has 0 atom stereocenters.